The molecule has 0 atom stereocenters. The number of hydrogen-bond acceptors (Lipinski definition) is 6. The average Bonchev–Trinajstić information content (AvgIpc) is 3.13. The van der Waals surface area contributed by atoms with E-state index >= 15 is 0 Å². The van der Waals surface area contributed by atoms with Crippen LogP contribution in [0.4, 0.5) is 10.5 Å². The van der Waals surface area contributed by atoms with Gasteiger partial charge < -0.3 is 15.4 Å². The summed E-state index contributed by atoms with van der Waals surface area (Å²) in [6.45, 7) is 0.358. The van der Waals surface area contributed by atoms with Crippen LogP contribution in [0.3, 0.4) is 0 Å². The molecule has 3 N–H and O–H groups in total. The molecule has 0 saturated carbocycles. The van der Waals surface area contributed by atoms with Gasteiger partial charge in [0.2, 0.25) is 5.91 Å². The van der Waals surface area contributed by atoms with Gasteiger partial charge in [-0.3, -0.25) is 10.1 Å². The number of anilines is 1. The second-order valence-electron chi connectivity index (χ2n) is 5.06. The second-order valence-corrected chi connectivity index (χ2v) is 6.09. The van der Waals surface area contributed by atoms with Gasteiger partial charge in [0, 0.05) is 17.1 Å². The highest BCUT2D eigenvalue weighted by atomic mass is 32.1. The lowest BCUT2D eigenvalue weighted by Gasteiger charge is -2.09. The number of nitrogens with one attached hydrogen (secondary N) is 3. The Kier molecular flexibility index (Phi) is 6.97. The van der Waals surface area contributed by atoms with Gasteiger partial charge in [0.05, 0.1) is 19.2 Å². The number of imide groups is 1. The maximum Gasteiger partial charge on any atom is 0.337 e. The second kappa shape index (κ2) is 9.43. The summed E-state index contributed by atoms with van der Waals surface area (Å²) in [6.07, 6.45) is 0.720. The van der Waals surface area contributed by atoms with Crippen molar-refractivity contribution in [1.82, 2.24) is 10.6 Å². The van der Waals surface area contributed by atoms with Crippen LogP contribution in [0.25, 0.3) is 0 Å². The maximum absolute atomic E-state index is 11.8. The number of rotatable bonds is 7. The van der Waals surface area contributed by atoms with Gasteiger partial charge in [0.15, 0.2) is 0 Å². The molecule has 0 aliphatic rings. The van der Waals surface area contributed by atoms with Gasteiger partial charge in [-0.15, -0.1) is 11.3 Å². The van der Waals surface area contributed by atoms with Crippen LogP contribution >= 0.6 is 11.3 Å². The molecule has 8 heteroatoms. The summed E-state index contributed by atoms with van der Waals surface area (Å²) in [5.74, 6) is -0.935. The molecule has 1 heterocycles. The molecule has 0 fully saturated rings. The molecule has 0 bridgehead atoms. The smallest absolute Gasteiger partial charge is 0.337 e. The molecule has 2 aromatic rings. The molecule has 25 heavy (non-hydrogen) atoms. The molecule has 1 aromatic heterocycles. The number of amides is 3. The highest BCUT2D eigenvalue weighted by Gasteiger charge is 2.09. The van der Waals surface area contributed by atoms with Crippen LogP contribution in [0.1, 0.15) is 15.2 Å². The van der Waals surface area contributed by atoms with Crippen LogP contribution < -0.4 is 16.0 Å². The van der Waals surface area contributed by atoms with Crippen LogP contribution in [0, 0.1) is 0 Å². The number of carbonyl (C=O) groups is 3. The van der Waals surface area contributed by atoms with Crippen LogP contribution in [0.15, 0.2) is 41.8 Å². The number of thiophene rings is 1. The normalized spacial score (nSPS) is 9.96. The zero-order valence-electron chi connectivity index (χ0n) is 13.7. The van der Waals surface area contributed by atoms with Crippen molar-refractivity contribution in [2.24, 2.45) is 0 Å². The number of carbonyl (C=O) groups excluding carboxylic acids is 3. The van der Waals surface area contributed by atoms with E-state index in [1.165, 1.54) is 12.0 Å². The molecule has 0 unspecified atom stereocenters. The molecule has 0 radical (unpaired) electrons. The lowest BCUT2D eigenvalue weighted by atomic mass is 10.2. The molecule has 3 amide bonds. The minimum absolute atomic E-state index is 0.0943. The highest BCUT2D eigenvalue weighted by Crippen LogP contribution is 2.11. The quantitative estimate of drug-likeness (QED) is 0.656. The van der Waals surface area contributed by atoms with Crippen molar-refractivity contribution in [2.45, 2.75) is 6.42 Å². The van der Waals surface area contributed by atoms with E-state index in [-0.39, 0.29) is 6.54 Å². The summed E-state index contributed by atoms with van der Waals surface area (Å²) < 4.78 is 4.64. The minimum Gasteiger partial charge on any atom is -0.465 e. The minimum atomic E-state index is -0.535. The van der Waals surface area contributed by atoms with E-state index in [0.717, 1.165) is 6.42 Å². The third-order valence-electron chi connectivity index (χ3n) is 3.23. The largest absolute Gasteiger partial charge is 0.465 e. The van der Waals surface area contributed by atoms with Crippen molar-refractivity contribution < 1.29 is 19.1 Å². The molecule has 0 aliphatic heterocycles. The van der Waals surface area contributed by atoms with E-state index < -0.39 is 17.9 Å². The number of esters is 1. The van der Waals surface area contributed by atoms with Gasteiger partial charge in [-0.05, 0) is 36.1 Å². The molecule has 132 valence electrons. The molecule has 0 aliphatic carbocycles. The van der Waals surface area contributed by atoms with Gasteiger partial charge in [0.25, 0.3) is 0 Å². The molecule has 0 spiro atoms. The Morgan fingerprint density at radius 3 is 2.72 bits per heavy atom. The van der Waals surface area contributed by atoms with Crippen molar-refractivity contribution in [1.29, 1.82) is 0 Å². The number of urea groups is 1. The Hall–Kier alpha value is -2.87. The van der Waals surface area contributed by atoms with Crippen LogP contribution in [0.2, 0.25) is 0 Å². The number of ether oxygens (including phenoxy) is 1. The molecule has 7 nitrogen and oxygen atoms in total. The first-order chi connectivity index (χ1) is 12.1. The predicted molar refractivity (Wildman–Crippen MR) is 95.8 cm³/mol. The van der Waals surface area contributed by atoms with E-state index in [9.17, 15) is 14.4 Å². The third-order valence-corrected chi connectivity index (χ3v) is 4.16. The first-order valence-corrected chi connectivity index (χ1v) is 8.49. The van der Waals surface area contributed by atoms with E-state index in [4.69, 9.17) is 0 Å². The SMILES string of the molecule is COC(=O)c1cccc(NCC(=O)NC(=O)NCCc2cccs2)c1. The lowest BCUT2D eigenvalue weighted by Crippen LogP contribution is -2.42. The first kappa shape index (κ1) is 18.5. The van der Waals surface area contributed by atoms with E-state index in [0.29, 0.717) is 17.8 Å². The van der Waals surface area contributed by atoms with Gasteiger partial charge in [0.1, 0.15) is 0 Å². The summed E-state index contributed by atoms with van der Waals surface area (Å²) in [5, 5.41) is 9.69. The van der Waals surface area contributed by atoms with Gasteiger partial charge in [-0.2, -0.15) is 0 Å². The summed E-state index contributed by atoms with van der Waals surface area (Å²) in [4.78, 5) is 36.0. The van der Waals surface area contributed by atoms with Crippen molar-refractivity contribution in [3.05, 3.63) is 52.2 Å². The molecular weight excluding hydrogens is 342 g/mol. The monoisotopic (exact) mass is 361 g/mol. The van der Waals surface area contributed by atoms with Crippen molar-refractivity contribution >= 4 is 34.9 Å². The van der Waals surface area contributed by atoms with Gasteiger partial charge in [-0.25, -0.2) is 9.59 Å². The lowest BCUT2D eigenvalue weighted by molar-refractivity contribution is -0.118. The van der Waals surface area contributed by atoms with Crippen molar-refractivity contribution in [3.8, 4) is 0 Å². The zero-order chi connectivity index (χ0) is 18.1. The Morgan fingerprint density at radius 2 is 2.00 bits per heavy atom. The fraction of sp³-hybridized carbons (Fsp3) is 0.235. The standard InChI is InChI=1S/C17H19N3O4S/c1-24-16(22)12-4-2-5-13(10-12)19-11-15(21)20-17(23)18-8-7-14-6-3-9-25-14/h2-6,9-10,19H,7-8,11H2,1H3,(H2,18,20,21,23). The fourth-order valence-electron chi connectivity index (χ4n) is 2.03. The summed E-state index contributed by atoms with van der Waals surface area (Å²) in [7, 11) is 1.30. The fourth-order valence-corrected chi connectivity index (χ4v) is 2.73. The average molecular weight is 361 g/mol. The van der Waals surface area contributed by atoms with E-state index in [1.54, 1.807) is 35.6 Å². The maximum atomic E-state index is 11.8. The summed E-state index contributed by atoms with van der Waals surface area (Å²) >= 11 is 1.62. The summed E-state index contributed by atoms with van der Waals surface area (Å²) in [6, 6.07) is 9.96. The number of hydrogen-bond donors (Lipinski definition) is 3. The molecule has 1 aromatic carbocycles. The molecule has 2 rings (SSSR count). The Balaban J connectivity index is 1.71. The van der Waals surface area contributed by atoms with Crippen LogP contribution in [-0.2, 0) is 16.0 Å². The molecule has 0 saturated heterocycles. The van der Waals surface area contributed by atoms with Crippen molar-refractivity contribution in [3.63, 3.8) is 0 Å². The van der Waals surface area contributed by atoms with Crippen LogP contribution in [-0.4, -0.2) is 38.1 Å². The Bertz CT molecular complexity index is 731. The van der Waals surface area contributed by atoms with Gasteiger partial charge in [-0.1, -0.05) is 12.1 Å². The third kappa shape index (κ3) is 6.27. The van der Waals surface area contributed by atoms with E-state index in [2.05, 4.69) is 20.7 Å². The Labute approximate surface area is 149 Å². The first-order valence-electron chi connectivity index (χ1n) is 7.61. The zero-order valence-corrected chi connectivity index (χ0v) is 14.5. The van der Waals surface area contributed by atoms with E-state index in [1.807, 2.05) is 17.5 Å². The number of benzene rings is 1. The predicted octanol–water partition coefficient (Wildman–Crippen LogP) is 2.02. The molecular formula is C17H19N3O4S. The number of methoxy groups -OCH3 is 1. The van der Waals surface area contributed by atoms with Gasteiger partial charge >= 0.3 is 12.0 Å². The highest BCUT2D eigenvalue weighted by molar-refractivity contribution is 7.09. The Morgan fingerprint density at radius 1 is 1.16 bits per heavy atom. The topological polar surface area (TPSA) is 96.5 Å². The van der Waals surface area contributed by atoms with Crippen LogP contribution in [0.5, 0.6) is 0 Å². The summed E-state index contributed by atoms with van der Waals surface area (Å²) in [5.41, 5.74) is 0.954. The van der Waals surface area contributed by atoms with Crippen molar-refractivity contribution in [2.75, 3.05) is 25.5 Å².